The van der Waals surface area contributed by atoms with Gasteiger partial charge in [-0.15, -0.1) is 0 Å². The average molecular weight is 315 g/mol. The Kier molecular flexibility index (Phi) is 4.70. The quantitative estimate of drug-likeness (QED) is 0.816. The molecular formula is C13H21N3O4S. The van der Waals surface area contributed by atoms with E-state index in [0.717, 1.165) is 0 Å². The van der Waals surface area contributed by atoms with Crippen LogP contribution in [0.2, 0.25) is 0 Å². The van der Waals surface area contributed by atoms with E-state index in [-0.39, 0.29) is 23.6 Å². The molecule has 1 aromatic heterocycles. The molecule has 8 heteroatoms. The first-order valence-corrected chi connectivity index (χ1v) is 8.56. The summed E-state index contributed by atoms with van der Waals surface area (Å²) < 4.78 is 29.9. The minimum atomic E-state index is -3.25. The Bertz CT molecular complexity index is 583. The molecule has 0 bridgehead atoms. The molecule has 1 fully saturated rings. The molecule has 0 aromatic carbocycles. The smallest absolute Gasteiger partial charge is 0.287 e. The summed E-state index contributed by atoms with van der Waals surface area (Å²) in [5.74, 6) is -0.0332. The fourth-order valence-electron chi connectivity index (χ4n) is 2.57. The molecule has 1 aliphatic heterocycles. The minimum absolute atomic E-state index is 0.0497. The number of hydrogen-bond donors (Lipinski definition) is 1. The van der Waals surface area contributed by atoms with Crippen molar-refractivity contribution >= 4 is 15.9 Å². The van der Waals surface area contributed by atoms with E-state index < -0.39 is 10.0 Å². The van der Waals surface area contributed by atoms with Crippen molar-refractivity contribution in [2.75, 3.05) is 40.0 Å². The Morgan fingerprint density at radius 1 is 1.48 bits per heavy atom. The lowest BCUT2D eigenvalue weighted by atomic mass is 10.0. The predicted octanol–water partition coefficient (Wildman–Crippen LogP) is -0.169. The first-order valence-electron chi connectivity index (χ1n) is 6.71. The zero-order valence-corrected chi connectivity index (χ0v) is 13.3. The highest BCUT2D eigenvalue weighted by Gasteiger charge is 2.38. The Morgan fingerprint density at radius 2 is 2.19 bits per heavy atom. The van der Waals surface area contributed by atoms with Gasteiger partial charge >= 0.3 is 0 Å². The van der Waals surface area contributed by atoms with Gasteiger partial charge in [-0.05, 0) is 26.2 Å². The molecule has 2 heterocycles. The zero-order valence-electron chi connectivity index (χ0n) is 12.4. The van der Waals surface area contributed by atoms with Gasteiger partial charge in [-0.3, -0.25) is 4.79 Å². The summed E-state index contributed by atoms with van der Waals surface area (Å²) in [7, 11) is 0.597. The van der Waals surface area contributed by atoms with E-state index in [0.29, 0.717) is 19.6 Å². The second-order valence-corrected chi connectivity index (χ2v) is 7.64. The number of sulfonamides is 1. The Labute approximate surface area is 124 Å². The van der Waals surface area contributed by atoms with Gasteiger partial charge in [-0.2, -0.15) is 4.31 Å². The Balaban J connectivity index is 2.09. The summed E-state index contributed by atoms with van der Waals surface area (Å²) in [4.78, 5) is 14.1. The SMILES string of the molecule is CN(C)C[C@@H]1CN(S(C)(=O)=O)C[C@H]1NC(=O)c1ccco1. The summed E-state index contributed by atoms with van der Waals surface area (Å²) in [6, 6.07) is 3.00. The van der Waals surface area contributed by atoms with Gasteiger partial charge in [-0.1, -0.05) is 0 Å². The molecule has 0 saturated carbocycles. The van der Waals surface area contributed by atoms with Crippen LogP contribution in [0.4, 0.5) is 0 Å². The van der Waals surface area contributed by atoms with Gasteiger partial charge in [0.25, 0.3) is 5.91 Å². The predicted molar refractivity (Wildman–Crippen MR) is 78.4 cm³/mol. The highest BCUT2D eigenvalue weighted by Crippen LogP contribution is 2.20. The molecule has 21 heavy (non-hydrogen) atoms. The number of nitrogens with zero attached hydrogens (tertiary/aromatic N) is 2. The Morgan fingerprint density at radius 3 is 2.71 bits per heavy atom. The zero-order chi connectivity index (χ0) is 15.6. The van der Waals surface area contributed by atoms with Crippen molar-refractivity contribution in [2.24, 2.45) is 5.92 Å². The van der Waals surface area contributed by atoms with Gasteiger partial charge < -0.3 is 14.6 Å². The van der Waals surface area contributed by atoms with Crippen molar-refractivity contribution in [1.82, 2.24) is 14.5 Å². The monoisotopic (exact) mass is 315 g/mol. The van der Waals surface area contributed by atoms with Crippen LogP contribution in [0, 0.1) is 5.92 Å². The number of amides is 1. The first kappa shape index (κ1) is 16.0. The van der Waals surface area contributed by atoms with Crippen molar-refractivity contribution in [3.63, 3.8) is 0 Å². The van der Waals surface area contributed by atoms with Crippen molar-refractivity contribution in [3.8, 4) is 0 Å². The normalized spacial score (nSPS) is 23.6. The molecule has 2 rings (SSSR count). The second kappa shape index (κ2) is 6.17. The summed E-state index contributed by atoms with van der Waals surface area (Å²) >= 11 is 0. The molecular weight excluding hydrogens is 294 g/mol. The minimum Gasteiger partial charge on any atom is -0.459 e. The average Bonchev–Trinajstić information content (AvgIpc) is 2.97. The van der Waals surface area contributed by atoms with E-state index in [9.17, 15) is 13.2 Å². The topological polar surface area (TPSA) is 82.9 Å². The van der Waals surface area contributed by atoms with Crippen LogP contribution in [0.15, 0.2) is 22.8 Å². The molecule has 1 aliphatic rings. The van der Waals surface area contributed by atoms with Crippen LogP contribution in [0.25, 0.3) is 0 Å². The molecule has 1 N–H and O–H groups in total. The molecule has 1 saturated heterocycles. The lowest BCUT2D eigenvalue weighted by Gasteiger charge is -2.22. The summed E-state index contributed by atoms with van der Waals surface area (Å²) in [6.45, 7) is 1.42. The van der Waals surface area contributed by atoms with Gasteiger partial charge in [-0.25, -0.2) is 8.42 Å². The van der Waals surface area contributed by atoms with E-state index >= 15 is 0 Å². The lowest BCUT2D eigenvalue weighted by molar-refractivity contribution is 0.0899. The number of nitrogens with one attached hydrogen (secondary N) is 1. The highest BCUT2D eigenvalue weighted by molar-refractivity contribution is 7.88. The van der Waals surface area contributed by atoms with Crippen LogP contribution >= 0.6 is 0 Å². The Hall–Kier alpha value is -1.38. The number of carbonyl (C=O) groups excluding carboxylic acids is 1. The largest absolute Gasteiger partial charge is 0.459 e. The molecule has 0 unspecified atom stereocenters. The van der Waals surface area contributed by atoms with E-state index in [4.69, 9.17) is 4.42 Å². The third-order valence-electron chi connectivity index (χ3n) is 3.54. The molecule has 118 valence electrons. The van der Waals surface area contributed by atoms with Gasteiger partial charge in [0.15, 0.2) is 5.76 Å². The van der Waals surface area contributed by atoms with Crippen molar-refractivity contribution < 1.29 is 17.6 Å². The number of hydrogen-bond acceptors (Lipinski definition) is 5. The van der Waals surface area contributed by atoms with E-state index in [1.165, 1.54) is 16.8 Å². The second-order valence-electron chi connectivity index (χ2n) is 5.66. The molecule has 2 atom stereocenters. The van der Waals surface area contributed by atoms with Crippen LogP contribution in [0.1, 0.15) is 10.6 Å². The van der Waals surface area contributed by atoms with Crippen LogP contribution in [0.5, 0.6) is 0 Å². The van der Waals surface area contributed by atoms with E-state index in [1.807, 2.05) is 19.0 Å². The number of furan rings is 1. The maximum absolute atomic E-state index is 12.1. The fourth-order valence-corrected chi connectivity index (χ4v) is 3.46. The van der Waals surface area contributed by atoms with Gasteiger partial charge in [0.1, 0.15) is 0 Å². The van der Waals surface area contributed by atoms with Crippen molar-refractivity contribution in [3.05, 3.63) is 24.2 Å². The maximum Gasteiger partial charge on any atom is 0.287 e. The molecule has 0 radical (unpaired) electrons. The molecule has 1 aromatic rings. The standard InChI is InChI=1S/C13H21N3O4S/c1-15(2)7-10-8-16(21(3,18)19)9-11(10)14-13(17)12-5-4-6-20-12/h4-6,10-11H,7-9H2,1-3H3,(H,14,17)/t10-,11-/m1/s1. The van der Waals surface area contributed by atoms with Gasteiger partial charge in [0.05, 0.1) is 12.5 Å². The lowest BCUT2D eigenvalue weighted by Crippen LogP contribution is -2.43. The number of carbonyl (C=O) groups is 1. The van der Waals surface area contributed by atoms with Crippen LogP contribution in [-0.2, 0) is 10.0 Å². The van der Waals surface area contributed by atoms with Crippen LogP contribution < -0.4 is 5.32 Å². The summed E-state index contributed by atoms with van der Waals surface area (Å²) in [6.07, 6.45) is 2.63. The molecule has 1 amide bonds. The molecule has 0 aliphatic carbocycles. The van der Waals surface area contributed by atoms with Crippen LogP contribution in [-0.4, -0.2) is 69.6 Å². The summed E-state index contributed by atoms with van der Waals surface area (Å²) in [5, 5.41) is 2.87. The summed E-state index contributed by atoms with van der Waals surface area (Å²) in [5.41, 5.74) is 0. The molecule has 0 spiro atoms. The first-order chi connectivity index (χ1) is 9.77. The highest BCUT2D eigenvalue weighted by atomic mass is 32.2. The third-order valence-corrected chi connectivity index (χ3v) is 4.77. The van der Waals surface area contributed by atoms with E-state index in [1.54, 1.807) is 12.1 Å². The fraction of sp³-hybridized carbons (Fsp3) is 0.615. The van der Waals surface area contributed by atoms with Gasteiger partial charge in [0.2, 0.25) is 10.0 Å². The van der Waals surface area contributed by atoms with Crippen molar-refractivity contribution in [2.45, 2.75) is 6.04 Å². The van der Waals surface area contributed by atoms with E-state index in [2.05, 4.69) is 5.32 Å². The van der Waals surface area contributed by atoms with Gasteiger partial charge in [0, 0.05) is 31.6 Å². The maximum atomic E-state index is 12.1. The van der Waals surface area contributed by atoms with Crippen LogP contribution in [0.3, 0.4) is 0 Å². The van der Waals surface area contributed by atoms with Crippen molar-refractivity contribution in [1.29, 1.82) is 0 Å². The molecule has 7 nitrogen and oxygen atoms in total. The number of rotatable bonds is 5. The third kappa shape index (κ3) is 4.05.